The van der Waals surface area contributed by atoms with E-state index in [0.717, 1.165) is 25.2 Å². The summed E-state index contributed by atoms with van der Waals surface area (Å²) in [6.07, 6.45) is 6.93. The standard InChI is InChI=1S/C12H18N2O2/c1-2-14-8-7-13-11(14)9-10(15)12(16)5-3-4-6-12/h7-8,16H,2-6,9H2,1H3. The second-order valence-corrected chi connectivity index (χ2v) is 4.47. The monoisotopic (exact) mass is 222 g/mol. The molecule has 0 radical (unpaired) electrons. The number of nitrogens with zero attached hydrogens (tertiary/aromatic N) is 2. The van der Waals surface area contributed by atoms with E-state index in [1.54, 1.807) is 6.20 Å². The molecule has 1 heterocycles. The Labute approximate surface area is 95.3 Å². The highest BCUT2D eigenvalue weighted by atomic mass is 16.3. The van der Waals surface area contributed by atoms with Gasteiger partial charge in [0.25, 0.3) is 0 Å². The van der Waals surface area contributed by atoms with Crippen molar-refractivity contribution in [1.82, 2.24) is 9.55 Å². The quantitative estimate of drug-likeness (QED) is 0.836. The van der Waals surface area contributed by atoms with Crippen molar-refractivity contribution in [3.8, 4) is 0 Å². The molecule has 2 rings (SSSR count). The summed E-state index contributed by atoms with van der Waals surface area (Å²) in [5.41, 5.74) is -1.08. The number of rotatable bonds is 4. The minimum atomic E-state index is -1.08. The molecular formula is C12H18N2O2. The summed E-state index contributed by atoms with van der Waals surface area (Å²) >= 11 is 0. The van der Waals surface area contributed by atoms with E-state index in [0.29, 0.717) is 12.8 Å². The van der Waals surface area contributed by atoms with E-state index >= 15 is 0 Å². The van der Waals surface area contributed by atoms with Crippen LogP contribution in [0.2, 0.25) is 0 Å². The zero-order valence-electron chi connectivity index (χ0n) is 9.65. The van der Waals surface area contributed by atoms with Crippen LogP contribution >= 0.6 is 0 Å². The molecule has 1 aliphatic rings. The smallest absolute Gasteiger partial charge is 0.171 e. The second-order valence-electron chi connectivity index (χ2n) is 4.47. The van der Waals surface area contributed by atoms with Crippen LogP contribution in [0.4, 0.5) is 0 Å². The van der Waals surface area contributed by atoms with Crippen LogP contribution in [0.25, 0.3) is 0 Å². The van der Waals surface area contributed by atoms with Gasteiger partial charge in [0.1, 0.15) is 11.4 Å². The molecule has 0 aliphatic heterocycles. The molecule has 0 amide bonds. The zero-order valence-corrected chi connectivity index (χ0v) is 9.65. The average Bonchev–Trinajstić information content (AvgIpc) is 2.87. The first-order valence-electron chi connectivity index (χ1n) is 5.91. The second kappa shape index (κ2) is 4.37. The van der Waals surface area contributed by atoms with E-state index in [1.807, 2.05) is 17.7 Å². The van der Waals surface area contributed by atoms with Crippen LogP contribution in [-0.4, -0.2) is 26.0 Å². The van der Waals surface area contributed by atoms with Gasteiger partial charge in [-0.2, -0.15) is 0 Å². The van der Waals surface area contributed by atoms with Crippen LogP contribution < -0.4 is 0 Å². The fourth-order valence-corrected chi connectivity index (χ4v) is 2.34. The molecule has 1 aromatic heterocycles. The van der Waals surface area contributed by atoms with E-state index in [2.05, 4.69) is 4.98 Å². The highest BCUT2D eigenvalue weighted by Crippen LogP contribution is 2.31. The van der Waals surface area contributed by atoms with Crippen molar-refractivity contribution in [3.05, 3.63) is 18.2 Å². The third kappa shape index (κ3) is 2.02. The maximum absolute atomic E-state index is 12.0. The maximum atomic E-state index is 12.0. The molecule has 16 heavy (non-hydrogen) atoms. The van der Waals surface area contributed by atoms with Gasteiger partial charge >= 0.3 is 0 Å². The van der Waals surface area contributed by atoms with E-state index in [-0.39, 0.29) is 12.2 Å². The van der Waals surface area contributed by atoms with Crippen LogP contribution in [-0.2, 0) is 17.8 Å². The van der Waals surface area contributed by atoms with Crippen molar-refractivity contribution >= 4 is 5.78 Å². The lowest BCUT2D eigenvalue weighted by atomic mass is 9.94. The summed E-state index contributed by atoms with van der Waals surface area (Å²) in [6.45, 7) is 2.82. The van der Waals surface area contributed by atoms with Gasteiger partial charge in [-0.05, 0) is 32.6 Å². The van der Waals surface area contributed by atoms with Crippen LogP contribution in [0.5, 0.6) is 0 Å². The number of carbonyl (C=O) groups is 1. The lowest BCUT2D eigenvalue weighted by Crippen LogP contribution is -2.37. The van der Waals surface area contributed by atoms with Gasteiger partial charge in [-0.3, -0.25) is 4.79 Å². The molecule has 1 N–H and O–H groups in total. The number of ketones is 1. The molecule has 0 spiro atoms. The first-order chi connectivity index (χ1) is 7.65. The number of hydrogen-bond donors (Lipinski definition) is 1. The van der Waals surface area contributed by atoms with Crippen molar-refractivity contribution in [2.45, 2.75) is 51.2 Å². The lowest BCUT2D eigenvalue weighted by molar-refractivity contribution is -0.136. The highest BCUT2D eigenvalue weighted by Gasteiger charge is 2.38. The molecule has 88 valence electrons. The minimum absolute atomic E-state index is 0.0779. The number of Topliss-reactive ketones (excluding diaryl/α,β-unsaturated/α-hetero) is 1. The summed E-state index contributed by atoms with van der Waals surface area (Å²) in [5, 5.41) is 10.1. The molecule has 0 bridgehead atoms. The SMILES string of the molecule is CCn1ccnc1CC(=O)C1(O)CCCC1. The third-order valence-corrected chi connectivity index (χ3v) is 3.41. The van der Waals surface area contributed by atoms with Gasteiger partial charge in [0.05, 0.1) is 6.42 Å². The van der Waals surface area contributed by atoms with Crippen LogP contribution in [0, 0.1) is 0 Å². The lowest BCUT2D eigenvalue weighted by Gasteiger charge is -2.20. The van der Waals surface area contributed by atoms with Crippen LogP contribution in [0.15, 0.2) is 12.4 Å². The van der Waals surface area contributed by atoms with Crippen molar-refractivity contribution in [2.24, 2.45) is 0 Å². The van der Waals surface area contributed by atoms with Gasteiger partial charge in [-0.1, -0.05) is 0 Å². The molecule has 0 unspecified atom stereocenters. The van der Waals surface area contributed by atoms with Crippen molar-refractivity contribution < 1.29 is 9.90 Å². The Bertz CT molecular complexity index is 378. The molecule has 1 aliphatic carbocycles. The van der Waals surface area contributed by atoms with E-state index < -0.39 is 5.60 Å². The molecule has 4 nitrogen and oxygen atoms in total. The fourth-order valence-electron chi connectivity index (χ4n) is 2.34. The molecule has 0 saturated heterocycles. The average molecular weight is 222 g/mol. The summed E-state index contributed by atoms with van der Waals surface area (Å²) in [5.74, 6) is 0.679. The Kier molecular flexibility index (Phi) is 3.10. The normalized spacial score (nSPS) is 18.9. The van der Waals surface area contributed by atoms with Gasteiger partial charge in [-0.15, -0.1) is 0 Å². The topological polar surface area (TPSA) is 55.1 Å². The number of imidazole rings is 1. The molecule has 4 heteroatoms. The molecule has 0 aromatic carbocycles. The Balaban J connectivity index is 2.07. The first-order valence-corrected chi connectivity index (χ1v) is 5.91. The largest absolute Gasteiger partial charge is 0.382 e. The summed E-state index contributed by atoms with van der Waals surface area (Å²) in [7, 11) is 0. The summed E-state index contributed by atoms with van der Waals surface area (Å²) in [6, 6.07) is 0. The van der Waals surface area contributed by atoms with Crippen molar-refractivity contribution in [3.63, 3.8) is 0 Å². The van der Waals surface area contributed by atoms with Crippen LogP contribution in [0.1, 0.15) is 38.4 Å². The van der Waals surface area contributed by atoms with Gasteiger partial charge in [0.15, 0.2) is 5.78 Å². The third-order valence-electron chi connectivity index (χ3n) is 3.41. The molecule has 1 aromatic rings. The van der Waals surface area contributed by atoms with Gasteiger partial charge in [0.2, 0.25) is 0 Å². The van der Waals surface area contributed by atoms with E-state index in [9.17, 15) is 9.90 Å². The van der Waals surface area contributed by atoms with Crippen LogP contribution in [0.3, 0.4) is 0 Å². The zero-order chi connectivity index (χ0) is 11.6. The molecular weight excluding hydrogens is 204 g/mol. The highest BCUT2D eigenvalue weighted by molar-refractivity contribution is 5.88. The minimum Gasteiger partial charge on any atom is -0.382 e. The molecule has 1 saturated carbocycles. The Morgan fingerprint density at radius 2 is 2.25 bits per heavy atom. The van der Waals surface area contributed by atoms with Crippen molar-refractivity contribution in [1.29, 1.82) is 0 Å². The summed E-state index contributed by atoms with van der Waals surface area (Å²) in [4.78, 5) is 16.2. The fraction of sp³-hybridized carbons (Fsp3) is 0.667. The maximum Gasteiger partial charge on any atom is 0.171 e. The first kappa shape index (κ1) is 11.3. The van der Waals surface area contributed by atoms with Crippen molar-refractivity contribution in [2.75, 3.05) is 0 Å². The predicted octanol–water partition coefficient (Wildman–Crippen LogP) is 1.32. The Morgan fingerprint density at radius 3 is 2.88 bits per heavy atom. The van der Waals surface area contributed by atoms with Gasteiger partial charge in [0, 0.05) is 18.9 Å². The Hall–Kier alpha value is -1.16. The number of carbonyl (C=O) groups excluding carboxylic acids is 1. The Morgan fingerprint density at radius 1 is 1.56 bits per heavy atom. The number of aliphatic hydroxyl groups is 1. The predicted molar refractivity (Wildman–Crippen MR) is 60.0 cm³/mol. The van der Waals surface area contributed by atoms with Gasteiger partial charge < -0.3 is 9.67 Å². The number of aromatic nitrogens is 2. The van der Waals surface area contributed by atoms with E-state index in [4.69, 9.17) is 0 Å². The number of hydrogen-bond acceptors (Lipinski definition) is 3. The molecule has 1 fully saturated rings. The van der Waals surface area contributed by atoms with Gasteiger partial charge in [-0.25, -0.2) is 4.98 Å². The number of aryl methyl sites for hydroxylation is 1. The summed E-state index contributed by atoms with van der Waals surface area (Å²) < 4.78 is 1.94. The van der Waals surface area contributed by atoms with E-state index in [1.165, 1.54) is 0 Å². The molecule has 0 atom stereocenters.